The Hall–Kier alpha value is -0.580. The van der Waals surface area contributed by atoms with Crippen LogP contribution in [0, 0.1) is 0 Å². The monoisotopic (exact) mass is 301 g/mol. The van der Waals surface area contributed by atoms with Crippen molar-refractivity contribution in [3.63, 3.8) is 0 Å². The summed E-state index contributed by atoms with van der Waals surface area (Å²) in [6.07, 6.45) is 0.906. The maximum absolute atomic E-state index is 11.6. The van der Waals surface area contributed by atoms with Gasteiger partial charge in [0.15, 0.2) is 0 Å². The van der Waals surface area contributed by atoms with Gasteiger partial charge in [0.25, 0.3) is 0 Å². The Kier molecular flexibility index (Phi) is 3.05. The van der Waals surface area contributed by atoms with E-state index in [1.54, 1.807) is 0 Å². The molecular weight excluding hydrogens is 289 g/mol. The van der Waals surface area contributed by atoms with E-state index in [0.29, 0.717) is 0 Å². The van der Waals surface area contributed by atoms with E-state index in [1.165, 1.54) is 11.1 Å². The van der Waals surface area contributed by atoms with Gasteiger partial charge in [-0.2, -0.15) is 0 Å². The molecule has 1 N–H and O–H groups in total. The van der Waals surface area contributed by atoms with Gasteiger partial charge in [-0.15, -0.1) is 0 Å². The Morgan fingerprint density at radius 2 is 2.29 bits per heavy atom. The molecule has 14 heavy (non-hydrogen) atoms. The van der Waals surface area contributed by atoms with E-state index in [-0.39, 0.29) is 11.8 Å². The van der Waals surface area contributed by atoms with Crippen LogP contribution in [0.4, 0.5) is 0 Å². The average molecular weight is 301 g/mol. The normalized spacial score (nSPS) is 18.2. The number of nitrogens with one attached hydrogen (secondary N) is 1. The second-order valence-electron chi connectivity index (χ2n) is 3.44. The molecule has 0 spiro atoms. The first kappa shape index (κ1) is 9.96. The van der Waals surface area contributed by atoms with E-state index in [9.17, 15) is 4.79 Å². The predicted molar refractivity (Wildman–Crippen MR) is 64.8 cm³/mol. The second-order valence-corrected chi connectivity index (χ2v) is 4.51. The molecule has 1 aliphatic carbocycles. The molecule has 2 nitrogen and oxygen atoms in total. The minimum atomic E-state index is 0.106. The van der Waals surface area contributed by atoms with Crippen molar-refractivity contribution < 1.29 is 4.79 Å². The lowest BCUT2D eigenvalue weighted by Gasteiger charge is -2.28. The third-order valence-corrected chi connectivity index (χ3v) is 3.10. The number of fused-ring (bicyclic) bond motifs is 1. The molecule has 0 bridgehead atoms. The van der Waals surface area contributed by atoms with Gasteiger partial charge in [-0.25, -0.2) is 0 Å². The van der Waals surface area contributed by atoms with Crippen LogP contribution < -0.4 is 5.32 Å². The topological polar surface area (TPSA) is 29.1 Å². The van der Waals surface area contributed by atoms with Gasteiger partial charge in [0, 0.05) is 11.0 Å². The van der Waals surface area contributed by atoms with Crippen molar-refractivity contribution in [2.45, 2.75) is 12.3 Å². The van der Waals surface area contributed by atoms with E-state index in [2.05, 4.69) is 34.0 Å². The molecular formula is C11H12INO. The number of amides is 1. The number of halogens is 1. The van der Waals surface area contributed by atoms with E-state index >= 15 is 0 Å². The van der Waals surface area contributed by atoms with Crippen molar-refractivity contribution in [1.82, 2.24) is 5.32 Å². The fourth-order valence-corrected chi connectivity index (χ4v) is 2.06. The highest BCUT2D eigenvalue weighted by atomic mass is 127. The first-order valence-corrected chi connectivity index (χ1v) is 6.27. The number of alkyl halides is 1. The fraction of sp³-hybridized carbons (Fsp3) is 0.364. The molecule has 1 aromatic carbocycles. The maximum Gasteiger partial charge on any atom is 0.227 e. The zero-order chi connectivity index (χ0) is 9.97. The molecule has 0 saturated carbocycles. The van der Waals surface area contributed by atoms with Crippen molar-refractivity contribution in [3.8, 4) is 0 Å². The SMILES string of the molecule is O=C(NCCI)C1Cc2ccccc21. The number of hydrogen-bond donors (Lipinski definition) is 1. The van der Waals surface area contributed by atoms with E-state index < -0.39 is 0 Å². The Bertz CT molecular complexity index is 351. The Balaban J connectivity index is 2.01. The summed E-state index contributed by atoms with van der Waals surface area (Å²) in [7, 11) is 0. The largest absolute Gasteiger partial charge is 0.355 e. The Morgan fingerprint density at radius 3 is 3.00 bits per heavy atom. The third-order valence-electron chi connectivity index (χ3n) is 2.56. The summed E-state index contributed by atoms with van der Waals surface area (Å²) in [5.41, 5.74) is 2.53. The number of carbonyl (C=O) groups excluding carboxylic acids is 1. The van der Waals surface area contributed by atoms with Crippen LogP contribution in [0.3, 0.4) is 0 Å². The summed E-state index contributed by atoms with van der Waals surface area (Å²) in [5, 5.41) is 2.93. The van der Waals surface area contributed by atoms with Gasteiger partial charge >= 0.3 is 0 Å². The van der Waals surface area contributed by atoms with Crippen molar-refractivity contribution in [2.75, 3.05) is 11.0 Å². The zero-order valence-electron chi connectivity index (χ0n) is 7.79. The summed E-state index contributed by atoms with van der Waals surface area (Å²) in [4.78, 5) is 11.6. The molecule has 1 aromatic rings. The molecule has 1 amide bonds. The molecule has 0 aliphatic heterocycles. The molecule has 0 radical (unpaired) electrons. The summed E-state index contributed by atoms with van der Waals surface area (Å²) < 4.78 is 0.970. The van der Waals surface area contributed by atoms with Crippen LogP contribution in [0.5, 0.6) is 0 Å². The standard InChI is InChI=1S/C11H12INO/c12-5-6-13-11(14)10-7-8-3-1-2-4-9(8)10/h1-4,10H,5-7H2,(H,13,14). The fourth-order valence-electron chi connectivity index (χ4n) is 1.79. The summed E-state index contributed by atoms with van der Waals surface area (Å²) >= 11 is 2.26. The average Bonchev–Trinajstić information content (AvgIpc) is 2.17. The van der Waals surface area contributed by atoms with Gasteiger partial charge < -0.3 is 5.32 Å². The van der Waals surface area contributed by atoms with Crippen LogP contribution in [0.15, 0.2) is 24.3 Å². The third kappa shape index (κ3) is 1.78. The summed E-state index contributed by atoms with van der Waals surface area (Å²) in [5.74, 6) is 0.287. The van der Waals surface area contributed by atoms with E-state index in [4.69, 9.17) is 0 Å². The molecule has 1 aliphatic rings. The van der Waals surface area contributed by atoms with E-state index in [1.807, 2.05) is 18.2 Å². The smallest absolute Gasteiger partial charge is 0.227 e. The number of hydrogen-bond acceptors (Lipinski definition) is 1. The number of rotatable bonds is 3. The van der Waals surface area contributed by atoms with E-state index in [0.717, 1.165) is 17.4 Å². The molecule has 0 saturated heterocycles. The molecule has 0 heterocycles. The van der Waals surface area contributed by atoms with Crippen molar-refractivity contribution in [1.29, 1.82) is 0 Å². The van der Waals surface area contributed by atoms with Crippen molar-refractivity contribution in [2.24, 2.45) is 0 Å². The minimum absolute atomic E-state index is 0.106. The van der Waals surface area contributed by atoms with Crippen LogP contribution >= 0.6 is 22.6 Å². The van der Waals surface area contributed by atoms with Crippen molar-refractivity contribution in [3.05, 3.63) is 35.4 Å². The van der Waals surface area contributed by atoms with Crippen molar-refractivity contribution >= 4 is 28.5 Å². The lowest BCUT2D eigenvalue weighted by molar-refractivity contribution is -0.122. The van der Waals surface area contributed by atoms with Gasteiger partial charge in [0.1, 0.15) is 0 Å². The number of carbonyl (C=O) groups is 1. The van der Waals surface area contributed by atoms with Crippen LogP contribution in [0.2, 0.25) is 0 Å². The molecule has 2 rings (SSSR count). The van der Waals surface area contributed by atoms with Gasteiger partial charge in [-0.05, 0) is 17.5 Å². The highest BCUT2D eigenvalue weighted by Gasteiger charge is 2.31. The lowest BCUT2D eigenvalue weighted by atomic mass is 9.77. The Morgan fingerprint density at radius 1 is 1.50 bits per heavy atom. The van der Waals surface area contributed by atoms with Crippen LogP contribution in [-0.2, 0) is 11.2 Å². The molecule has 0 aromatic heterocycles. The van der Waals surface area contributed by atoms with Gasteiger partial charge in [-0.1, -0.05) is 46.9 Å². The predicted octanol–water partition coefficient (Wildman–Crippen LogP) is 1.88. The molecule has 1 atom stereocenters. The van der Waals surface area contributed by atoms with Gasteiger partial charge in [-0.3, -0.25) is 4.79 Å². The molecule has 3 heteroatoms. The second kappa shape index (κ2) is 4.29. The highest BCUT2D eigenvalue weighted by molar-refractivity contribution is 14.1. The zero-order valence-corrected chi connectivity index (χ0v) is 9.95. The summed E-state index contributed by atoms with van der Waals surface area (Å²) in [6, 6.07) is 8.17. The molecule has 1 unspecified atom stereocenters. The van der Waals surface area contributed by atoms with Gasteiger partial charge in [0.05, 0.1) is 5.92 Å². The maximum atomic E-state index is 11.6. The first-order valence-electron chi connectivity index (χ1n) is 4.74. The summed E-state index contributed by atoms with van der Waals surface area (Å²) in [6.45, 7) is 0.776. The van der Waals surface area contributed by atoms with Gasteiger partial charge in [0.2, 0.25) is 5.91 Å². The molecule has 0 fully saturated rings. The van der Waals surface area contributed by atoms with Crippen LogP contribution in [0.1, 0.15) is 17.0 Å². The lowest BCUT2D eigenvalue weighted by Crippen LogP contribution is -2.36. The Labute approximate surface area is 97.2 Å². The molecule has 74 valence electrons. The number of benzene rings is 1. The quantitative estimate of drug-likeness (QED) is 0.670. The van der Waals surface area contributed by atoms with Crippen LogP contribution in [0.25, 0.3) is 0 Å². The minimum Gasteiger partial charge on any atom is -0.355 e. The highest BCUT2D eigenvalue weighted by Crippen LogP contribution is 2.34. The first-order chi connectivity index (χ1) is 6.83. The van der Waals surface area contributed by atoms with Crippen LogP contribution in [-0.4, -0.2) is 16.9 Å².